The van der Waals surface area contributed by atoms with Gasteiger partial charge in [-0.2, -0.15) is 4.31 Å². The van der Waals surface area contributed by atoms with Gasteiger partial charge >= 0.3 is 0 Å². The van der Waals surface area contributed by atoms with Crippen LogP contribution in [0.1, 0.15) is 18.4 Å². The van der Waals surface area contributed by atoms with Gasteiger partial charge in [0.1, 0.15) is 17.4 Å². The lowest BCUT2D eigenvalue weighted by Gasteiger charge is -2.23. The monoisotopic (exact) mass is 461 g/mol. The number of nitrogens with one attached hydrogen (secondary N) is 1. The largest absolute Gasteiger partial charge is 0.383 e. The van der Waals surface area contributed by atoms with Crippen molar-refractivity contribution in [3.05, 3.63) is 53.8 Å². The number of sulfonamides is 1. The van der Waals surface area contributed by atoms with Gasteiger partial charge in [-0.05, 0) is 37.1 Å². The summed E-state index contributed by atoms with van der Waals surface area (Å²) < 4.78 is 48.3. The molecule has 1 aromatic heterocycles. The van der Waals surface area contributed by atoms with Crippen molar-refractivity contribution in [3.63, 3.8) is 0 Å². The molecule has 0 aliphatic carbocycles. The van der Waals surface area contributed by atoms with Crippen LogP contribution in [0.25, 0.3) is 11.0 Å². The number of nitrogens with zero attached hydrogens (tertiary/aromatic N) is 4. The predicted octanol–water partition coefficient (Wildman–Crippen LogP) is 1.69. The Morgan fingerprint density at radius 3 is 2.88 bits per heavy atom. The number of carbonyl (C=O) groups excluding carboxylic acids is 1. The number of amides is 1. The van der Waals surface area contributed by atoms with Crippen LogP contribution in [0.15, 0.2) is 47.4 Å². The van der Waals surface area contributed by atoms with E-state index < -0.39 is 27.8 Å². The summed E-state index contributed by atoms with van der Waals surface area (Å²) in [4.78, 5) is 12.8. The first-order chi connectivity index (χ1) is 15.4. The topological polar surface area (TPSA) is 106 Å². The Morgan fingerprint density at radius 2 is 2.09 bits per heavy atom. The quantitative estimate of drug-likeness (QED) is 0.547. The minimum absolute atomic E-state index is 0.00751. The summed E-state index contributed by atoms with van der Waals surface area (Å²) in [7, 11) is -2.34. The first-order valence-electron chi connectivity index (χ1n) is 10.3. The SMILES string of the molecule is COCCn1nnc2cc(S(=O)(=O)N3CCC[C@H]3C(=O)NCc3ccccc3F)ccc21. The molecule has 0 unspecified atom stereocenters. The third kappa shape index (κ3) is 4.36. The molecule has 0 saturated carbocycles. The minimum atomic E-state index is -3.93. The number of methoxy groups -OCH3 is 1. The summed E-state index contributed by atoms with van der Waals surface area (Å²) in [6.45, 7) is 1.18. The van der Waals surface area contributed by atoms with Crippen LogP contribution in [0.5, 0.6) is 0 Å². The Bertz CT molecular complexity index is 1230. The minimum Gasteiger partial charge on any atom is -0.383 e. The third-order valence-electron chi connectivity index (χ3n) is 5.52. The number of aromatic nitrogens is 3. The summed E-state index contributed by atoms with van der Waals surface area (Å²) in [5.41, 5.74) is 1.48. The van der Waals surface area contributed by atoms with E-state index in [0.717, 1.165) is 0 Å². The van der Waals surface area contributed by atoms with E-state index in [4.69, 9.17) is 4.74 Å². The smallest absolute Gasteiger partial charge is 0.243 e. The Morgan fingerprint density at radius 1 is 1.28 bits per heavy atom. The van der Waals surface area contributed by atoms with Gasteiger partial charge in [-0.25, -0.2) is 17.5 Å². The first kappa shape index (κ1) is 22.3. The van der Waals surface area contributed by atoms with Gasteiger partial charge in [0.15, 0.2) is 0 Å². The summed E-state index contributed by atoms with van der Waals surface area (Å²) in [5, 5.41) is 10.8. The average Bonchev–Trinajstić information content (AvgIpc) is 3.44. The first-order valence-corrected chi connectivity index (χ1v) is 11.7. The third-order valence-corrected chi connectivity index (χ3v) is 7.42. The zero-order valence-corrected chi connectivity index (χ0v) is 18.4. The van der Waals surface area contributed by atoms with E-state index in [2.05, 4.69) is 15.6 Å². The van der Waals surface area contributed by atoms with Crippen LogP contribution in [0.4, 0.5) is 4.39 Å². The lowest BCUT2D eigenvalue weighted by molar-refractivity contribution is -0.124. The molecule has 1 saturated heterocycles. The molecular formula is C21H24FN5O4S. The number of rotatable bonds is 8. The lowest BCUT2D eigenvalue weighted by Crippen LogP contribution is -2.45. The van der Waals surface area contributed by atoms with Crippen molar-refractivity contribution in [2.45, 2.75) is 36.9 Å². The number of halogens is 1. The second kappa shape index (κ2) is 9.31. The standard InChI is InChI=1S/C21H24FN5O4S/c1-31-12-11-26-19-9-8-16(13-18(19)24-25-26)32(29,30)27-10-4-7-20(27)21(28)23-14-15-5-2-3-6-17(15)22/h2-3,5-6,8-9,13,20H,4,7,10-12,14H2,1H3,(H,23,28)/t20-/m0/s1. The van der Waals surface area contributed by atoms with E-state index in [-0.39, 0.29) is 18.0 Å². The summed E-state index contributed by atoms with van der Waals surface area (Å²) >= 11 is 0. The maximum absolute atomic E-state index is 13.8. The molecule has 9 nitrogen and oxygen atoms in total. The van der Waals surface area contributed by atoms with Crippen LogP contribution < -0.4 is 5.32 Å². The van der Waals surface area contributed by atoms with Crippen molar-refractivity contribution in [1.82, 2.24) is 24.6 Å². The number of carbonyl (C=O) groups is 1. The second-order valence-electron chi connectivity index (χ2n) is 7.54. The highest BCUT2D eigenvalue weighted by Crippen LogP contribution is 2.28. The van der Waals surface area contributed by atoms with Crippen LogP contribution in [-0.2, 0) is 32.6 Å². The normalized spacial score (nSPS) is 17.1. The molecule has 170 valence electrons. The number of fused-ring (bicyclic) bond motifs is 1. The fourth-order valence-electron chi connectivity index (χ4n) is 3.82. The van der Waals surface area contributed by atoms with Crippen LogP contribution >= 0.6 is 0 Å². The van der Waals surface area contributed by atoms with E-state index >= 15 is 0 Å². The van der Waals surface area contributed by atoms with Crippen molar-refractivity contribution >= 4 is 27.0 Å². The van der Waals surface area contributed by atoms with Gasteiger partial charge in [0, 0.05) is 25.8 Å². The molecule has 1 atom stereocenters. The highest BCUT2D eigenvalue weighted by molar-refractivity contribution is 7.89. The molecule has 2 heterocycles. The summed E-state index contributed by atoms with van der Waals surface area (Å²) in [5.74, 6) is -0.864. The van der Waals surface area contributed by atoms with Gasteiger partial charge in [-0.3, -0.25) is 4.79 Å². The zero-order valence-electron chi connectivity index (χ0n) is 17.6. The molecule has 0 bridgehead atoms. The van der Waals surface area contributed by atoms with E-state index in [0.29, 0.717) is 42.6 Å². The van der Waals surface area contributed by atoms with Gasteiger partial charge < -0.3 is 10.1 Å². The molecule has 4 rings (SSSR count). The van der Waals surface area contributed by atoms with Crippen molar-refractivity contribution in [3.8, 4) is 0 Å². The Hall–Kier alpha value is -2.89. The Kier molecular flexibility index (Phi) is 6.49. The molecule has 0 radical (unpaired) electrons. The summed E-state index contributed by atoms with van der Waals surface area (Å²) in [6, 6.07) is 9.91. The lowest BCUT2D eigenvalue weighted by atomic mass is 10.2. The highest BCUT2D eigenvalue weighted by atomic mass is 32.2. The number of benzene rings is 2. The molecule has 2 aromatic carbocycles. The van der Waals surface area contributed by atoms with E-state index in [9.17, 15) is 17.6 Å². The molecular weight excluding hydrogens is 437 g/mol. The number of ether oxygens (including phenoxy) is 1. The van der Waals surface area contributed by atoms with Crippen LogP contribution in [0.2, 0.25) is 0 Å². The molecule has 0 spiro atoms. The summed E-state index contributed by atoms with van der Waals surface area (Å²) in [6.07, 6.45) is 0.963. The fraction of sp³-hybridized carbons (Fsp3) is 0.381. The van der Waals surface area contributed by atoms with Gasteiger partial charge in [0.25, 0.3) is 0 Å². The molecule has 1 amide bonds. The van der Waals surface area contributed by atoms with Crippen LogP contribution in [-0.4, -0.2) is 59.9 Å². The van der Waals surface area contributed by atoms with E-state index in [1.54, 1.807) is 36.1 Å². The molecule has 1 N–H and O–H groups in total. The predicted molar refractivity (Wildman–Crippen MR) is 115 cm³/mol. The fourth-order valence-corrected chi connectivity index (χ4v) is 5.50. The second-order valence-corrected chi connectivity index (χ2v) is 9.43. The molecule has 1 aliphatic heterocycles. The number of hydrogen-bond acceptors (Lipinski definition) is 6. The maximum Gasteiger partial charge on any atom is 0.243 e. The number of hydrogen-bond donors (Lipinski definition) is 1. The van der Waals surface area contributed by atoms with Gasteiger partial charge in [0.2, 0.25) is 15.9 Å². The van der Waals surface area contributed by atoms with Crippen molar-refractivity contribution < 1.29 is 22.3 Å². The van der Waals surface area contributed by atoms with E-state index in [1.165, 1.54) is 22.5 Å². The average molecular weight is 462 g/mol. The molecule has 32 heavy (non-hydrogen) atoms. The molecule has 3 aromatic rings. The molecule has 11 heteroatoms. The van der Waals surface area contributed by atoms with Crippen molar-refractivity contribution in [2.24, 2.45) is 0 Å². The molecule has 1 aliphatic rings. The van der Waals surface area contributed by atoms with Crippen molar-refractivity contribution in [2.75, 3.05) is 20.3 Å². The Labute approximate surface area is 185 Å². The zero-order chi connectivity index (χ0) is 22.7. The van der Waals surface area contributed by atoms with Crippen molar-refractivity contribution in [1.29, 1.82) is 0 Å². The van der Waals surface area contributed by atoms with Gasteiger partial charge in [0.05, 0.1) is 23.6 Å². The maximum atomic E-state index is 13.8. The highest BCUT2D eigenvalue weighted by Gasteiger charge is 2.39. The Balaban J connectivity index is 1.52. The van der Waals surface area contributed by atoms with Crippen LogP contribution in [0, 0.1) is 5.82 Å². The van der Waals surface area contributed by atoms with Gasteiger partial charge in [-0.1, -0.05) is 23.4 Å². The van der Waals surface area contributed by atoms with E-state index in [1.807, 2.05) is 0 Å². The molecule has 1 fully saturated rings. The van der Waals surface area contributed by atoms with Crippen LogP contribution in [0.3, 0.4) is 0 Å². The van der Waals surface area contributed by atoms with Gasteiger partial charge in [-0.15, -0.1) is 5.10 Å².